The van der Waals surface area contributed by atoms with E-state index in [1.165, 1.54) is 25.7 Å². The standard InChI is InChI=1S/C15H25NO3/c1-15(8-4-5-9-15)10-16-13(17)11-6-2-3-7-12(11)14(18)19/h11-12H,2-10H2,1H3,(H,16,17)(H,18,19). The number of hydrogen-bond donors (Lipinski definition) is 2. The van der Waals surface area contributed by atoms with Gasteiger partial charge in [-0.3, -0.25) is 9.59 Å². The maximum atomic E-state index is 12.2. The van der Waals surface area contributed by atoms with Crippen LogP contribution < -0.4 is 5.32 Å². The molecule has 4 nitrogen and oxygen atoms in total. The summed E-state index contributed by atoms with van der Waals surface area (Å²) in [5.41, 5.74) is 0.225. The lowest BCUT2D eigenvalue weighted by atomic mass is 9.78. The maximum Gasteiger partial charge on any atom is 0.307 e. The highest BCUT2D eigenvalue weighted by Crippen LogP contribution is 2.37. The fourth-order valence-electron chi connectivity index (χ4n) is 3.58. The number of carbonyl (C=O) groups excluding carboxylic acids is 1. The first-order valence-corrected chi connectivity index (χ1v) is 7.52. The third-order valence-corrected chi connectivity index (χ3v) is 4.92. The molecule has 2 fully saturated rings. The zero-order chi connectivity index (χ0) is 13.9. The molecule has 0 aromatic rings. The average Bonchev–Trinajstić information content (AvgIpc) is 2.83. The van der Waals surface area contributed by atoms with Crippen LogP contribution in [0.3, 0.4) is 0 Å². The SMILES string of the molecule is CC1(CNC(=O)C2CCCCC2C(=O)O)CCCC1. The van der Waals surface area contributed by atoms with Gasteiger partial charge in [0.2, 0.25) is 5.91 Å². The van der Waals surface area contributed by atoms with Crippen molar-refractivity contribution < 1.29 is 14.7 Å². The summed E-state index contributed by atoms with van der Waals surface area (Å²) in [5, 5.41) is 12.2. The molecular formula is C15H25NO3. The molecule has 0 radical (unpaired) electrons. The first-order valence-electron chi connectivity index (χ1n) is 7.52. The fraction of sp³-hybridized carbons (Fsp3) is 0.867. The van der Waals surface area contributed by atoms with Crippen molar-refractivity contribution in [2.45, 2.75) is 58.3 Å². The Hall–Kier alpha value is -1.06. The molecule has 0 spiro atoms. The van der Waals surface area contributed by atoms with Crippen molar-refractivity contribution in [3.8, 4) is 0 Å². The van der Waals surface area contributed by atoms with Crippen molar-refractivity contribution >= 4 is 11.9 Å². The van der Waals surface area contributed by atoms with E-state index in [1.807, 2.05) is 0 Å². The van der Waals surface area contributed by atoms with Crippen LogP contribution in [0.15, 0.2) is 0 Å². The van der Waals surface area contributed by atoms with Crippen LogP contribution in [0.5, 0.6) is 0 Å². The zero-order valence-electron chi connectivity index (χ0n) is 11.8. The van der Waals surface area contributed by atoms with Crippen molar-refractivity contribution in [1.29, 1.82) is 0 Å². The summed E-state index contributed by atoms with van der Waals surface area (Å²) in [7, 11) is 0. The molecule has 2 aliphatic rings. The Labute approximate surface area is 115 Å². The van der Waals surface area contributed by atoms with Gasteiger partial charge in [-0.15, -0.1) is 0 Å². The predicted molar refractivity (Wildman–Crippen MR) is 72.7 cm³/mol. The topological polar surface area (TPSA) is 66.4 Å². The van der Waals surface area contributed by atoms with Gasteiger partial charge in [0.1, 0.15) is 0 Å². The normalized spacial score (nSPS) is 29.9. The van der Waals surface area contributed by atoms with Gasteiger partial charge < -0.3 is 10.4 Å². The Kier molecular flexibility index (Phi) is 4.48. The Balaban J connectivity index is 1.89. The minimum atomic E-state index is -0.813. The Bertz CT molecular complexity index is 347. The predicted octanol–water partition coefficient (Wildman–Crippen LogP) is 2.57. The molecule has 1 amide bonds. The number of nitrogens with one attached hydrogen (secondary N) is 1. The Morgan fingerprint density at radius 2 is 1.68 bits per heavy atom. The van der Waals surface area contributed by atoms with Crippen LogP contribution in [0.25, 0.3) is 0 Å². The van der Waals surface area contributed by atoms with Gasteiger partial charge >= 0.3 is 5.97 Å². The highest BCUT2D eigenvalue weighted by Gasteiger charge is 2.37. The van der Waals surface area contributed by atoms with Crippen LogP contribution in [0, 0.1) is 17.3 Å². The summed E-state index contributed by atoms with van der Waals surface area (Å²) in [5.74, 6) is -1.66. The summed E-state index contributed by atoms with van der Waals surface area (Å²) in [6, 6.07) is 0. The molecule has 2 rings (SSSR count). The van der Waals surface area contributed by atoms with Gasteiger partial charge in [-0.25, -0.2) is 0 Å². The molecule has 108 valence electrons. The van der Waals surface area contributed by atoms with E-state index in [4.69, 9.17) is 0 Å². The summed E-state index contributed by atoms with van der Waals surface area (Å²) in [4.78, 5) is 23.5. The smallest absolute Gasteiger partial charge is 0.307 e. The lowest BCUT2D eigenvalue weighted by Gasteiger charge is -2.30. The van der Waals surface area contributed by atoms with E-state index in [1.54, 1.807) is 0 Å². The largest absolute Gasteiger partial charge is 0.481 e. The maximum absolute atomic E-state index is 12.2. The number of carbonyl (C=O) groups is 2. The summed E-state index contributed by atoms with van der Waals surface area (Å²) in [6.07, 6.45) is 8.09. The minimum absolute atomic E-state index is 0.0415. The Morgan fingerprint density at radius 3 is 2.26 bits per heavy atom. The average molecular weight is 267 g/mol. The molecule has 0 saturated heterocycles. The highest BCUT2D eigenvalue weighted by atomic mass is 16.4. The molecule has 2 unspecified atom stereocenters. The van der Waals surface area contributed by atoms with Crippen molar-refractivity contribution in [2.24, 2.45) is 17.3 Å². The number of hydrogen-bond acceptors (Lipinski definition) is 2. The lowest BCUT2D eigenvalue weighted by Crippen LogP contribution is -2.43. The van der Waals surface area contributed by atoms with E-state index in [2.05, 4.69) is 12.2 Å². The number of aliphatic carboxylic acids is 1. The zero-order valence-corrected chi connectivity index (χ0v) is 11.8. The number of amides is 1. The van der Waals surface area contributed by atoms with Gasteiger partial charge in [-0.05, 0) is 31.1 Å². The van der Waals surface area contributed by atoms with Crippen molar-refractivity contribution in [1.82, 2.24) is 5.32 Å². The Morgan fingerprint density at radius 1 is 1.11 bits per heavy atom. The van der Waals surface area contributed by atoms with Crippen molar-refractivity contribution in [3.63, 3.8) is 0 Å². The summed E-state index contributed by atoms with van der Waals surface area (Å²) in [6.45, 7) is 2.92. The van der Waals surface area contributed by atoms with Crippen LogP contribution in [0.4, 0.5) is 0 Å². The van der Waals surface area contributed by atoms with Crippen molar-refractivity contribution in [3.05, 3.63) is 0 Å². The molecular weight excluding hydrogens is 242 g/mol. The van der Waals surface area contributed by atoms with Crippen LogP contribution in [-0.2, 0) is 9.59 Å². The molecule has 2 N–H and O–H groups in total. The monoisotopic (exact) mass is 267 g/mol. The second-order valence-electron chi connectivity index (χ2n) is 6.57. The van der Waals surface area contributed by atoms with Gasteiger partial charge in [-0.2, -0.15) is 0 Å². The van der Waals surface area contributed by atoms with Crippen molar-refractivity contribution in [2.75, 3.05) is 6.54 Å². The number of carboxylic acid groups (broad SMARTS) is 1. The third kappa shape index (κ3) is 3.48. The molecule has 2 saturated carbocycles. The van der Waals surface area contributed by atoms with Gasteiger partial charge in [0.15, 0.2) is 0 Å². The first kappa shape index (κ1) is 14.4. The third-order valence-electron chi connectivity index (χ3n) is 4.92. The van der Waals surface area contributed by atoms with E-state index < -0.39 is 11.9 Å². The fourth-order valence-corrected chi connectivity index (χ4v) is 3.58. The molecule has 19 heavy (non-hydrogen) atoms. The molecule has 4 heteroatoms. The second kappa shape index (κ2) is 5.93. The van der Waals surface area contributed by atoms with Gasteiger partial charge in [0.05, 0.1) is 11.8 Å². The highest BCUT2D eigenvalue weighted by molar-refractivity contribution is 5.84. The van der Waals surface area contributed by atoms with Crippen LogP contribution in [0.1, 0.15) is 58.3 Å². The number of rotatable bonds is 4. The van der Waals surface area contributed by atoms with E-state index >= 15 is 0 Å². The molecule has 2 aliphatic carbocycles. The van der Waals surface area contributed by atoms with E-state index in [0.29, 0.717) is 13.0 Å². The van der Waals surface area contributed by atoms with E-state index in [9.17, 15) is 14.7 Å². The van der Waals surface area contributed by atoms with Gasteiger partial charge in [0, 0.05) is 6.54 Å². The molecule has 0 aliphatic heterocycles. The molecule has 2 atom stereocenters. The lowest BCUT2D eigenvalue weighted by molar-refractivity contribution is -0.149. The van der Waals surface area contributed by atoms with Gasteiger partial charge in [0.25, 0.3) is 0 Å². The molecule has 0 heterocycles. The molecule has 0 aromatic carbocycles. The van der Waals surface area contributed by atoms with E-state index in [0.717, 1.165) is 19.3 Å². The quantitative estimate of drug-likeness (QED) is 0.822. The first-order chi connectivity index (χ1) is 9.02. The van der Waals surface area contributed by atoms with Gasteiger partial charge in [-0.1, -0.05) is 32.6 Å². The minimum Gasteiger partial charge on any atom is -0.481 e. The van der Waals surface area contributed by atoms with Crippen LogP contribution in [-0.4, -0.2) is 23.5 Å². The molecule has 0 aromatic heterocycles. The van der Waals surface area contributed by atoms with Crippen LogP contribution >= 0.6 is 0 Å². The number of carboxylic acids is 1. The summed E-state index contributed by atoms with van der Waals surface area (Å²) >= 11 is 0. The van der Waals surface area contributed by atoms with Crippen LogP contribution in [0.2, 0.25) is 0 Å². The molecule has 0 bridgehead atoms. The summed E-state index contributed by atoms with van der Waals surface area (Å²) < 4.78 is 0. The van der Waals surface area contributed by atoms with E-state index in [-0.39, 0.29) is 17.2 Å². The second-order valence-corrected chi connectivity index (χ2v) is 6.57.